The third-order valence-electron chi connectivity index (χ3n) is 3.33. The number of hydrogen-bond donors (Lipinski definition) is 2. The minimum Gasteiger partial charge on any atom is -0.387 e. The number of rotatable bonds is 7. The van der Waals surface area contributed by atoms with Gasteiger partial charge in [-0.1, -0.05) is 94.9 Å². The molecule has 2 heteroatoms. The molecule has 0 bridgehead atoms. The fourth-order valence-corrected chi connectivity index (χ4v) is 2.08. The highest BCUT2D eigenvalue weighted by Gasteiger charge is 2.05. The lowest BCUT2D eigenvalue weighted by molar-refractivity contribution is 0.175. The Morgan fingerprint density at radius 2 is 1.54 bits per heavy atom. The van der Waals surface area contributed by atoms with E-state index in [9.17, 15) is 5.11 Å². The van der Waals surface area contributed by atoms with Gasteiger partial charge in [0.2, 0.25) is 0 Å². The summed E-state index contributed by atoms with van der Waals surface area (Å²) >= 11 is 0. The first-order valence-corrected chi connectivity index (χ1v) is 8.94. The van der Waals surface area contributed by atoms with Crippen LogP contribution in [0.15, 0.2) is 61.2 Å². The molecule has 1 unspecified atom stereocenters. The average molecular weight is 328 g/mol. The second-order valence-electron chi connectivity index (χ2n) is 4.83. The molecule has 2 aromatic rings. The second kappa shape index (κ2) is 14.7. The van der Waals surface area contributed by atoms with E-state index < -0.39 is 6.10 Å². The van der Waals surface area contributed by atoms with Crippen molar-refractivity contribution in [2.24, 2.45) is 0 Å². The molecule has 0 radical (unpaired) electrons. The fourth-order valence-electron chi connectivity index (χ4n) is 2.08. The van der Waals surface area contributed by atoms with Crippen LogP contribution in [0.4, 0.5) is 0 Å². The zero-order chi connectivity index (χ0) is 18.2. The van der Waals surface area contributed by atoms with E-state index in [4.69, 9.17) is 0 Å². The van der Waals surface area contributed by atoms with Gasteiger partial charge in [0.15, 0.2) is 0 Å². The van der Waals surface area contributed by atoms with Crippen molar-refractivity contribution < 1.29 is 5.11 Å². The van der Waals surface area contributed by atoms with Crippen LogP contribution in [0.3, 0.4) is 0 Å². The summed E-state index contributed by atoms with van der Waals surface area (Å²) in [7, 11) is 0. The van der Waals surface area contributed by atoms with Gasteiger partial charge in [0.1, 0.15) is 0 Å². The Balaban J connectivity index is 0.00000123. The highest BCUT2D eigenvalue weighted by molar-refractivity contribution is 5.47. The summed E-state index contributed by atoms with van der Waals surface area (Å²) in [5.41, 5.74) is 3.38. The van der Waals surface area contributed by atoms with Crippen LogP contribution in [0.1, 0.15) is 50.5 Å². The molecule has 2 aromatic carbocycles. The summed E-state index contributed by atoms with van der Waals surface area (Å²) in [5, 5.41) is 13.3. The second-order valence-corrected chi connectivity index (χ2v) is 4.83. The molecule has 0 aromatic heterocycles. The van der Waals surface area contributed by atoms with Gasteiger partial charge >= 0.3 is 0 Å². The highest BCUT2D eigenvalue weighted by Crippen LogP contribution is 2.10. The van der Waals surface area contributed by atoms with E-state index in [1.807, 2.05) is 64.1 Å². The molecule has 2 N–H and O–H groups in total. The van der Waals surface area contributed by atoms with Gasteiger partial charge in [-0.3, -0.25) is 0 Å². The van der Waals surface area contributed by atoms with Gasteiger partial charge in [-0.2, -0.15) is 0 Å². The normalized spacial score (nSPS) is 10.5. The molecular weight excluding hydrogens is 294 g/mol. The summed E-state index contributed by atoms with van der Waals surface area (Å²) in [4.78, 5) is 0. The van der Waals surface area contributed by atoms with Crippen LogP contribution in [0, 0.1) is 0 Å². The molecule has 0 saturated heterocycles. The van der Waals surface area contributed by atoms with Crippen molar-refractivity contribution >= 4 is 6.08 Å². The molecule has 0 saturated carbocycles. The fraction of sp³-hybridized carbons (Fsp3) is 0.364. The zero-order valence-corrected chi connectivity index (χ0v) is 15.6. The summed E-state index contributed by atoms with van der Waals surface area (Å²) in [6, 6.07) is 18.1. The number of nitrogens with one attached hydrogen (secondary N) is 1. The number of aliphatic hydroxyl groups excluding tert-OH is 1. The van der Waals surface area contributed by atoms with E-state index in [1.165, 1.54) is 5.56 Å². The molecule has 132 valence electrons. The quantitative estimate of drug-likeness (QED) is 0.681. The third kappa shape index (κ3) is 8.66. The standard InChI is InChI=1S/C18H21NO.2C2H6/c1-2-15-8-10-16(11-9-15)12-13-19-14-18(20)17-6-4-3-5-7-17;2*1-2/h2-11,18-20H,1,12-14H2;2*1-2H3. The van der Waals surface area contributed by atoms with Crippen molar-refractivity contribution in [2.45, 2.75) is 40.2 Å². The molecule has 0 aliphatic rings. The summed E-state index contributed by atoms with van der Waals surface area (Å²) in [5.74, 6) is 0. The van der Waals surface area contributed by atoms with Crippen molar-refractivity contribution in [1.29, 1.82) is 0 Å². The van der Waals surface area contributed by atoms with Crippen LogP contribution in [0.2, 0.25) is 0 Å². The lowest BCUT2D eigenvalue weighted by Crippen LogP contribution is -2.23. The van der Waals surface area contributed by atoms with Gasteiger partial charge in [-0.05, 0) is 29.7 Å². The van der Waals surface area contributed by atoms with Crippen LogP contribution >= 0.6 is 0 Å². The molecule has 0 heterocycles. The van der Waals surface area contributed by atoms with E-state index in [-0.39, 0.29) is 0 Å². The molecule has 0 amide bonds. The Kier molecular flexibility index (Phi) is 13.5. The van der Waals surface area contributed by atoms with E-state index in [2.05, 4.69) is 36.2 Å². The lowest BCUT2D eigenvalue weighted by atomic mass is 10.1. The average Bonchev–Trinajstić information content (AvgIpc) is 2.69. The van der Waals surface area contributed by atoms with Gasteiger partial charge in [-0.15, -0.1) is 0 Å². The van der Waals surface area contributed by atoms with Crippen LogP contribution in [0.5, 0.6) is 0 Å². The molecule has 0 spiro atoms. The minimum atomic E-state index is -0.445. The van der Waals surface area contributed by atoms with Gasteiger partial charge in [0, 0.05) is 6.54 Å². The zero-order valence-electron chi connectivity index (χ0n) is 15.6. The number of hydrogen-bond acceptors (Lipinski definition) is 2. The molecule has 24 heavy (non-hydrogen) atoms. The largest absolute Gasteiger partial charge is 0.387 e. The predicted molar refractivity (Wildman–Crippen MR) is 107 cm³/mol. The SMILES string of the molecule is C=Cc1ccc(CCNCC(O)c2ccccc2)cc1.CC.CC. The number of benzene rings is 2. The van der Waals surface area contributed by atoms with Crippen molar-refractivity contribution in [1.82, 2.24) is 5.32 Å². The molecule has 0 aliphatic carbocycles. The first-order chi connectivity index (χ1) is 11.8. The maximum Gasteiger partial charge on any atom is 0.0914 e. The summed E-state index contributed by atoms with van der Waals surface area (Å²) in [6.45, 7) is 13.2. The van der Waals surface area contributed by atoms with Crippen molar-refractivity contribution in [3.8, 4) is 0 Å². The molecule has 1 atom stereocenters. The minimum absolute atomic E-state index is 0.445. The van der Waals surface area contributed by atoms with Crippen molar-refractivity contribution in [3.05, 3.63) is 77.9 Å². The molecule has 2 nitrogen and oxygen atoms in total. The Labute approximate surface area is 148 Å². The monoisotopic (exact) mass is 327 g/mol. The maximum absolute atomic E-state index is 10.0. The lowest BCUT2D eigenvalue weighted by Gasteiger charge is -2.12. The molecule has 0 fully saturated rings. The molecular formula is C22H33NO. The highest BCUT2D eigenvalue weighted by atomic mass is 16.3. The van der Waals surface area contributed by atoms with Gasteiger partial charge in [0.05, 0.1) is 6.10 Å². The van der Waals surface area contributed by atoms with E-state index in [0.717, 1.165) is 24.1 Å². The van der Waals surface area contributed by atoms with E-state index in [0.29, 0.717) is 6.54 Å². The van der Waals surface area contributed by atoms with E-state index in [1.54, 1.807) is 0 Å². The van der Waals surface area contributed by atoms with Crippen molar-refractivity contribution in [2.75, 3.05) is 13.1 Å². The van der Waals surface area contributed by atoms with Crippen LogP contribution in [-0.4, -0.2) is 18.2 Å². The smallest absolute Gasteiger partial charge is 0.0914 e. The molecule has 2 rings (SSSR count). The van der Waals surface area contributed by atoms with Gasteiger partial charge in [-0.25, -0.2) is 0 Å². The summed E-state index contributed by atoms with van der Waals surface area (Å²) < 4.78 is 0. The Morgan fingerprint density at radius 1 is 0.958 bits per heavy atom. The predicted octanol–water partition coefficient (Wildman–Crippen LogP) is 5.25. The third-order valence-corrected chi connectivity index (χ3v) is 3.33. The number of aliphatic hydroxyl groups is 1. The summed E-state index contributed by atoms with van der Waals surface area (Å²) in [6.07, 6.45) is 2.36. The Bertz CT molecular complexity index is 519. The first-order valence-electron chi connectivity index (χ1n) is 8.94. The van der Waals surface area contributed by atoms with E-state index >= 15 is 0 Å². The Morgan fingerprint density at radius 3 is 2.08 bits per heavy atom. The maximum atomic E-state index is 10.0. The first kappa shape index (κ1) is 22.1. The molecule has 0 aliphatic heterocycles. The van der Waals surface area contributed by atoms with Gasteiger partial charge < -0.3 is 10.4 Å². The van der Waals surface area contributed by atoms with Gasteiger partial charge in [0.25, 0.3) is 0 Å². The Hall–Kier alpha value is -1.90. The van der Waals surface area contributed by atoms with Crippen LogP contribution < -0.4 is 5.32 Å². The van der Waals surface area contributed by atoms with Crippen molar-refractivity contribution in [3.63, 3.8) is 0 Å². The van der Waals surface area contributed by atoms with Crippen LogP contribution in [-0.2, 0) is 6.42 Å². The topological polar surface area (TPSA) is 32.3 Å². The van der Waals surface area contributed by atoms with Crippen LogP contribution in [0.25, 0.3) is 6.08 Å².